The van der Waals surface area contributed by atoms with E-state index in [2.05, 4.69) is 0 Å². The highest BCUT2D eigenvalue weighted by Gasteiger charge is 2.46. The summed E-state index contributed by atoms with van der Waals surface area (Å²) in [5.41, 5.74) is 1.12. The molecular formula is C17H15FO2. The molecule has 3 heteroatoms. The van der Waals surface area contributed by atoms with Gasteiger partial charge in [-0.25, -0.2) is 4.39 Å². The molecule has 2 aromatic carbocycles. The van der Waals surface area contributed by atoms with E-state index in [9.17, 15) is 14.3 Å². The number of carboxylic acid groups (broad SMARTS) is 1. The molecule has 0 bridgehead atoms. The van der Waals surface area contributed by atoms with Crippen LogP contribution < -0.4 is 0 Å². The van der Waals surface area contributed by atoms with Gasteiger partial charge in [0.05, 0.1) is 5.41 Å². The van der Waals surface area contributed by atoms with Crippen LogP contribution in [-0.2, 0) is 10.2 Å². The number of hydrogen-bond acceptors (Lipinski definition) is 1. The van der Waals surface area contributed by atoms with Crippen LogP contribution in [0.15, 0.2) is 48.5 Å². The predicted octanol–water partition coefficient (Wildman–Crippen LogP) is 4.00. The smallest absolute Gasteiger partial charge is 0.314 e. The van der Waals surface area contributed by atoms with E-state index >= 15 is 0 Å². The highest BCUT2D eigenvalue weighted by molar-refractivity contribution is 5.83. The van der Waals surface area contributed by atoms with Gasteiger partial charge in [-0.05, 0) is 36.1 Å². The van der Waals surface area contributed by atoms with E-state index in [1.807, 2.05) is 30.3 Å². The van der Waals surface area contributed by atoms with Crippen LogP contribution in [0.4, 0.5) is 4.39 Å². The second-order valence-electron chi connectivity index (χ2n) is 5.30. The fourth-order valence-corrected chi connectivity index (χ4v) is 2.82. The number of hydrogen-bond donors (Lipinski definition) is 1. The minimum Gasteiger partial charge on any atom is -0.481 e. The van der Waals surface area contributed by atoms with Crippen LogP contribution in [0.5, 0.6) is 0 Å². The van der Waals surface area contributed by atoms with Gasteiger partial charge in [-0.2, -0.15) is 0 Å². The summed E-state index contributed by atoms with van der Waals surface area (Å²) in [6, 6.07) is 13.9. The van der Waals surface area contributed by atoms with E-state index < -0.39 is 11.4 Å². The monoisotopic (exact) mass is 270 g/mol. The Morgan fingerprint density at radius 1 is 1.10 bits per heavy atom. The summed E-state index contributed by atoms with van der Waals surface area (Å²) in [4.78, 5) is 11.5. The number of aliphatic carboxylic acids is 1. The topological polar surface area (TPSA) is 37.3 Å². The van der Waals surface area contributed by atoms with Crippen molar-refractivity contribution in [2.45, 2.75) is 24.7 Å². The third-order valence-corrected chi connectivity index (χ3v) is 4.22. The predicted molar refractivity (Wildman–Crippen MR) is 75.0 cm³/mol. The van der Waals surface area contributed by atoms with Gasteiger partial charge in [0, 0.05) is 5.56 Å². The molecule has 1 saturated carbocycles. The molecule has 0 radical (unpaired) electrons. The third kappa shape index (κ3) is 1.90. The maximum absolute atomic E-state index is 14.0. The molecule has 0 aliphatic heterocycles. The van der Waals surface area contributed by atoms with Crippen LogP contribution in [0, 0.1) is 5.82 Å². The first kappa shape index (κ1) is 12.9. The molecular weight excluding hydrogens is 255 g/mol. The summed E-state index contributed by atoms with van der Waals surface area (Å²) in [6.07, 6.45) is 2.16. The van der Waals surface area contributed by atoms with Gasteiger partial charge in [0.25, 0.3) is 0 Å². The summed E-state index contributed by atoms with van der Waals surface area (Å²) in [6.45, 7) is 0. The van der Waals surface area contributed by atoms with Gasteiger partial charge in [-0.15, -0.1) is 0 Å². The van der Waals surface area contributed by atoms with Crippen molar-refractivity contribution in [3.05, 3.63) is 59.9 Å². The van der Waals surface area contributed by atoms with Crippen molar-refractivity contribution >= 4 is 5.97 Å². The SMILES string of the molecule is O=C(O)C1(c2ccc(F)c(-c3ccccc3)c2)CCC1. The quantitative estimate of drug-likeness (QED) is 0.915. The molecule has 3 rings (SSSR count). The van der Waals surface area contributed by atoms with Crippen LogP contribution in [-0.4, -0.2) is 11.1 Å². The average Bonchev–Trinajstić information content (AvgIpc) is 2.40. The molecule has 2 aromatic rings. The summed E-state index contributed by atoms with van der Waals surface area (Å²) in [5.74, 6) is -1.13. The zero-order valence-electron chi connectivity index (χ0n) is 11.0. The van der Waals surface area contributed by atoms with Crippen molar-refractivity contribution in [2.24, 2.45) is 0 Å². The first-order valence-electron chi connectivity index (χ1n) is 6.72. The second-order valence-corrected chi connectivity index (χ2v) is 5.30. The van der Waals surface area contributed by atoms with Crippen molar-refractivity contribution in [1.29, 1.82) is 0 Å². The number of benzene rings is 2. The lowest BCUT2D eigenvalue weighted by Gasteiger charge is -2.38. The Morgan fingerprint density at radius 2 is 1.80 bits per heavy atom. The Morgan fingerprint density at radius 3 is 2.35 bits per heavy atom. The molecule has 0 spiro atoms. The Hall–Kier alpha value is -2.16. The van der Waals surface area contributed by atoms with E-state index in [0.29, 0.717) is 24.0 Å². The van der Waals surface area contributed by atoms with Crippen LogP contribution >= 0.6 is 0 Å². The highest BCUT2D eigenvalue weighted by Crippen LogP contribution is 2.45. The van der Waals surface area contributed by atoms with Crippen LogP contribution in [0.1, 0.15) is 24.8 Å². The van der Waals surface area contributed by atoms with Crippen LogP contribution in [0.2, 0.25) is 0 Å². The maximum Gasteiger partial charge on any atom is 0.314 e. The Balaban J connectivity index is 2.10. The highest BCUT2D eigenvalue weighted by atomic mass is 19.1. The summed E-state index contributed by atoms with van der Waals surface area (Å²) < 4.78 is 14.0. The standard InChI is InChI=1S/C17H15FO2/c18-15-8-7-13(17(16(19)20)9-4-10-17)11-14(15)12-5-2-1-3-6-12/h1-3,5-8,11H,4,9-10H2,(H,19,20). The van der Waals surface area contributed by atoms with Gasteiger partial charge in [0.15, 0.2) is 0 Å². The van der Waals surface area contributed by atoms with Crippen molar-refractivity contribution < 1.29 is 14.3 Å². The zero-order chi connectivity index (χ0) is 14.2. The number of halogens is 1. The molecule has 1 N–H and O–H groups in total. The van der Waals surface area contributed by atoms with Gasteiger partial charge >= 0.3 is 5.97 Å². The van der Waals surface area contributed by atoms with Crippen molar-refractivity contribution in [3.63, 3.8) is 0 Å². The molecule has 1 aliphatic carbocycles. The third-order valence-electron chi connectivity index (χ3n) is 4.22. The Kier molecular flexibility index (Phi) is 3.05. The van der Waals surface area contributed by atoms with E-state index in [4.69, 9.17) is 0 Å². The molecule has 0 saturated heterocycles. The zero-order valence-corrected chi connectivity index (χ0v) is 11.0. The number of carbonyl (C=O) groups is 1. The van der Waals surface area contributed by atoms with Gasteiger partial charge in [0.2, 0.25) is 0 Å². The van der Waals surface area contributed by atoms with E-state index in [-0.39, 0.29) is 5.82 Å². The fourth-order valence-electron chi connectivity index (χ4n) is 2.82. The lowest BCUT2D eigenvalue weighted by atomic mass is 9.64. The maximum atomic E-state index is 14.0. The van der Waals surface area contributed by atoms with Gasteiger partial charge < -0.3 is 5.11 Å². The molecule has 1 aliphatic rings. The Bertz CT molecular complexity index is 645. The first-order chi connectivity index (χ1) is 9.63. The molecule has 0 heterocycles. The van der Waals surface area contributed by atoms with Gasteiger partial charge in [0.1, 0.15) is 5.82 Å². The van der Waals surface area contributed by atoms with Gasteiger partial charge in [-0.3, -0.25) is 4.79 Å². The molecule has 102 valence electrons. The molecule has 0 aromatic heterocycles. The van der Waals surface area contributed by atoms with Crippen LogP contribution in [0.3, 0.4) is 0 Å². The molecule has 1 fully saturated rings. The molecule has 0 atom stereocenters. The summed E-state index contributed by atoms with van der Waals surface area (Å²) in [5, 5.41) is 9.47. The Labute approximate surface area is 116 Å². The normalized spacial score (nSPS) is 16.4. The van der Waals surface area contributed by atoms with E-state index in [1.165, 1.54) is 6.07 Å². The van der Waals surface area contributed by atoms with Gasteiger partial charge in [-0.1, -0.05) is 42.8 Å². The second kappa shape index (κ2) is 4.75. The molecule has 2 nitrogen and oxygen atoms in total. The lowest BCUT2D eigenvalue weighted by Crippen LogP contribution is -2.42. The minimum absolute atomic E-state index is 0.320. The van der Waals surface area contributed by atoms with Crippen molar-refractivity contribution in [1.82, 2.24) is 0 Å². The average molecular weight is 270 g/mol. The summed E-state index contributed by atoms with van der Waals surface area (Å²) >= 11 is 0. The fraction of sp³-hybridized carbons (Fsp3) is 0.235. The summed E-state index contributed by atoms with van der Waals surface area (Å²) in [7, 11) is 0. The molecule has 0 unspecified atom stereocenters. The largest absolute Gasteiger partial charge is 0.481 e. The molecule has 20 heavy (non-hydrogen) atoms. The number of carboxylic acids is 1. The number of rotatable bonds is 3. The van der Waals surface area contributed by atoms with E-state index in [0.717, 1.165) is 12.0 Å². The van der Waals surface area contributed by atoms with Crippen molar-refractivity contribution in [2.75, 3.05) is 0 Å². The van der Waals surface area contributed by atoms with Crippen molar-refractivity contribution in [3.8, 4) is 11.1 Å². The van der Waals surface area contributed by atoms with E-state index in [1.54, 1.807) is 12.1 Å². The first-order valence-corrected chi connectivity index (χ1v) is 6.72. The van der Waals surface area contributed by atoms with Crippen LogP contribution in [0.25, 0.3) is 11.1 Å². The minimum atomic E-state index is -0.822. The lowest BCUT2D eigenvalue weighted by molar-refractivity contribution is -0.147. The molecule has 0 amide bonds.